The van der Waals surface area contributed by atoms with Gasteiger partial charge in [0.25, 0.3) is 0 Å². The minimum absolute atomic E-state index is 0.470. The van der Waals surface area contributed by atoms with Gasteiger partial charge in [0.05, 0.1) is 17.7 Å². The van der Waals surface area contributed by atoms with Crippen LogP contribution < -0.4 is 10.6 Å². The smallest absolute Gasteiger partial charge is 0.135 e. The number of amidine groups is 1. The van der Waals surface area contributed by atoms with Crippen molar-refractivity contribution in [3.05, 3.63) is 52.5 Å². The second kappa shape index (κ2) is 6.34. The third-order valence-corrected chi connectivity index (χ3v) is 4.36. The molecule has 0 amide bonds. The van der Waals surface area contributed by atoms with Crippen molar-refractivity contribution in [2.75, 3.05) is 11.4 Å². The molecular weight excluding hydrogens is 333 g/mol. The summed E-state index contributed by atoms with van der Waals surface area (Å²) >= 11 is 11.8. The Morgan fingerprint density at radius 3 is 2.43 bits per heavy atom. The quantitative estimate of drug-likeness (QED) is 0.863. The summed E-state index contributed by atoms with van der Waals surface area (Å²) in [6.07, 6.45) is 4.92. The largest absolute Gasteiger partial charge is 0.387 e. The molecule has 0 aromatic carbocycles. The molecule has 0 fully saturated rings. The molecule has 0 spiro atoms. The van der Waals surface area contributed by atoms with Gasteiger partial charge in [-0.05, 0) is 30.7 Å². The molecule has 0 bridgehead atoms. The molecule has 120 valence electrons. The normalized spacial score (nSPS) is 21.2. The molecule has 1 unspecified atom stereocenters. The lowest BCUT2D eigenvalue weighted by Crippen LogP contribution is -2.52. The van der Waals surface area contributed by atoms with Crippen LogP contribution in [0.4, 0.5) is 5.69 Å². The summed E-state index contributed by atoms with van der Waals surface area (Å²) in [5, 5.41) is 0.946. The molecule has 1 aliphatic heterocycles. The zero-order valence-corrected chi connectivity index (χ0v) is 14.2. The van der Waals surface area contributed by atoms with E-state index < -0.39 is 5.66 Å². The summed E-state index contributed by atoms with van der Waals surface area (Å²) in [4.78, 5) is 15.2. The summed E-state index contributed by atoms with van der Waals surface area (Å²) in [6.45, 7) is 2.83. The highest BCUT2D eigenvalue weighted by Gasteiger charge is 2.35. The Morgan fingerprint density at radius 1 is 1.13 bits per heavy atom. The van der Waals surface area contributed by atoms with Crippen LogP contribution in [0.25, 0.3) is 0 Å². The summed E-state index contributed by atoms with van der Waals surface area (Å²) in [5.41, 5.74) is 7.51. The first-order chi connectivity index (χ1) is 11.0. The van der Waals surface area contributed by atoms with Crippen LogP contribution in [0.2, 0.25) is 10.3 Å². The van der Waals surface area contributed by atoms with Crippen molar-refractivity contribution in [2.24, 2.45) is 10.7 Å². The predicted octanol–water partition coefficient (Wildman–Crippen LogP) is 3.31. The maximum atomic E-state index is 6.00. The Bertz CT molecular complexity index is 714. The van der Waals surface area contributed by atoms with E-state index in [1.165, 1.54) is 0 Å². The number of aromatic nitrogens is 2. The summed E-state index contributed by atoms with van der Waals surface area (Å²) in [5.74, 6) is 0.660. The minimum Gasteiger partial charge on any atom is -0.387 e. The Labute approximate surface area is 145 Å². The van der Waals surface area contributed by atoms with E-state index in [0.717, 1.165) is 24.2 Å². The number of anilines is 1. The minimum atomic E-state index is -0.507. The fraction of sp³-hybridized carbons (Fsp3) is 0.312. The first-order valence-electron chi connectivity index (χ1n) is 7.30. The molecule has 7 heteroatoms. The predicted molar refractivity (Wildman–Crippen MR) is 94.2 cm³/mol. The molecular formula is C16H17Cl2N5. The number of rotatable bonds is 3. The van der Waals surface area contributed by atoms with Crippen LogP contribution in [0.5, 0.6) is 0 Å². The molecule has 0 aliphatic carbocycles. The maximum absolute atomic E-state index is 6.00. The van der Waals surface area contributed by atoms with Crippen molar-refractivity contribution in [2.45, 2.75) is 25.4 Å². The molecule has 0 radical (unpaired) electrons. The fourth-order valence-corrected chi connectivity index (χ4v) is 3.08. The molecule has 0 saturated heterocycles. The van der Waals surface area contributed by atoms with Gasteiger partial charge >= 0.3 is 0 Å². The molecule has 1 aliphatic rings. The van der Waals surface area contributed by atoms with Crippen LogP contribution in [0, 0.1) is 0 Å². The monoisotopic (exact) mass is 349 g/mol. The van der Waals surface area contributed by atoms with Crippen LogP contribution in [0.15, 0.2) is 41.7 Å². The van der Waals surface area contributed by atoms with E-state index in [4.69, 9.17) is 33.9 Å². The van der Waals surface area contributed by atoms with Gasteiger partial charge in [0.2, 0.25) is 0 Å². The van der Waals surface area contributed by atoms with Crippen molar-refractivity contribution in [1.29, 1.82) is 0 Å². The molecule has 2 N–H and O–H groups in total. The van der Waals surface area contributed by atoms with E-state index in [1.54, 1.807) is 24.5 Å². The Kier molecular flexibility index (Phi) is 4.41. The number of aliphatic imine (C=N–C) groups is 1. The van der Waals surface area contributed by atoms with Crippen LogP contribution in [-0.2, 0) is 6.42 Å². The molecule has 5 nitrogen and oxygen atoms in total. The highest BCUT2D eigenvalue weighted by Crippen LogP contribution is 2.31. The van der Waals surface area contributed by atoms with E-state index in [-0.39, 0.29) is 0 Å². The SMILES string of the molecule is CC1(Cc2ccc(Cl)nc2)N=C(N)CCN1c1ccc(Cl)nc1. The fourth-order valence-electron chi connectivity index (χ4n) is 2.86. The lowest BCUT2D eigenvalue weighted by Gasteiger charge is -2.43. The highest BCUT2D eigenvalue weighted by molar-refractivity contribution is 6.29. The molecule has 3 rings (SSSR count). The zero-order chi connectivity index (χ0) is 16.4. The van der Waals surface area contributed by atoms with Gasteiger partial charge in [0, 0.05) is 25.6 Å². The van der Waals surface area contributed by atoms with Crippen molar-refractivity contribution < 1.29 is 0 Å². The number of halogens is 2. The Morgan fingerprint density at radius 2 is 1.83 bits per heavy atom. The van der Waals surface area contributed by atoms with Gasteiger partial charge in [-0.1, -0.05) is 29.3 Å². The van der Waals surface area contributed by atoms with Gasteiger partial charge in [-0.15, -0.1) is 0 Å². The van der Waals surface area contributed by atoms with Gasteiger partial charge in [-0.25, -0.2) is 15.0 Å². The Hall–Kier alpha value is -1.85. The third-order valence-electron chi connectivity index (χ3n) is 3.91. The second-order valence-corrected chi connectivity index (χ2v) is 6.50. The average Bonchev–Trinajstić information content (AvgIpc) is 2.51. The van der Waals surface area contributed by atoms with Crippen molar-refractivity contribution in [1.82, 2.24) is 9.97 Å². The van der Waals surface area contributed by atoms with E-state index in [2.05, 4.69) is 21.8 Å². The van der Waals surface area contributed by atoms with Gasteiger partial charge < -0.3 is 10.6 Å². The van der Waals surface area contributed by atoms with Crippen LogP contribution >= 0.6 is 23.2 Å². The third kappa shape index (κ3) is 3.57. The summed E-state index contributed by atoms with van der Waals surface area (Å²) < 4.78 is 0. The molecule has 2 aromatic heterocycles. The molecule has 23 heavy (non-hydrogen) atoms. The van der Waals surface area contributed by atoms with E-state index in [9.17, 15) is 0 Å². The maximum Gasteiger partial charge on any atom is 0.135 e. The topological polar surface area (TPSA) is 67.4 Å². The van der Waals surface area contributed by atoms with Crippen molar-refractivity contribution in [3.8, 4) is 0 Å². The lowest BCUT2D eigenvalue weighted by molar-refractivity contribution is 0.422. The van der Waals surface area contributed by atoms with Gasteiger partial charge in [-0.3, -0.25) is 0 Å². The van der Waals surface area contributed by atoms with Gasteiger partial charge in [-0.2, -0.15) is 0 Å². The van der Waals surface area contributed by atoms with Gasteiger partial charge in [0.1, 0.15) is 16.0 Å². The number of hydrogen-bond donors (Lipinski definition) is 1. The van der Waals surface area contributed by atoms with E-state index >= 15 is 0 Å². The molecule has 1 atom stereocenters. The standard InChI is InChI=1S/C16H17Cl2N5/c1-16(8-11-2-4-13(17)20-9-11)22-15(19)6-7-23(16)12-3-5-14(18)21-10-12/h2-5,9-10H,6-8H2,1H3,(H2,19,22). The first kappa shape index (κ1) is 16.0. The number of nitrogens with two attached hydrogens (primary N) is 1. The van der Waals surface area contributed by atoms with Crippen molar-refractivity contribution in [3.63, 3.8) is 0 Å². The summed E-state index contributed by atoms with van der Waals surface area (Å²) in [6, 6.07) is 7.47. The van der Waals surface area contributed by atoms with Crippen LogP contribution in [0.1, 0.15) is 18.9 Å². The van der Waals surface area contributed by atoms with Crippen LogP contribution in [0.3, 0.4) is 0 Å². The van der Waals surface area contributed by atoms with E-state index in [0.29, 0.717) is 22.6 Å². The zero-order valence-electron chi connectivity index (χ0n) is 12.7. The van der Waals surface area contributed by atoms with E-state index in [1.807, 2.05) is 12.1 Å². The number of hydrogen-bond acceptors (Lipinski definition) is 5. The van der Waals surface area contributed by atoms with Gasteiger partial charge in [0.15, 0.2) is 0 Å². The molecule has 3 heterocycles. The lowest BCUT2D eigenvalue weighted by atomic mass is 9.98. The average molecular weight is 350 g/mol. The molecule has 0 saturated carbocycles. The second-order valence-electron chi connectivity index (χ2n) is 5.73. The number of nitrogens with zero attached hydrogens (tertiary/aromatic N) is 4. The van der Waals surface area contributed by atoms with Crippen LogP contribution in [-0.4, -0.2) is 28.0 Å². The molecule has 2 aromatic rings. The summed E-state index contributed by atoms with van der Waals surface area (Å²) in [7, 11) is 0. The Balaban J connectivity index is 1.94. The highest BCUT2D eigenvalue weighted by atomic mass is 35.5. The van der Waals surface area contributed by atoms with Crippen molar-refractivity contribution >= 4 is 34.7 Å². The first-order valence-corrected chi connectivity index (χ1v) is 8.06. The number of pyridine rings is 2.